The quantitative estimate of drug-likeness (QED) is 0.454. The van der Waals surface area contributed by atoms with Gasteiger partial charge in [0, 0.05) is 32.1 Å². The normalized spacial score (nSPS) is 17.0. The number of ether oxygens (including phenoxy) is 2. The molecule has 0 aromatic heterocycles. The van der Waals surface area contributed by atoms with Crippen molar-refractivity contribution in [1.29, 1.82) is 0 Å². The highest BCUT2D eigenvalue weighted by atomic mass is 32.2. The van der Waals surface area contributed by atoms with Crippen LogP contribution in [0.2, 0.25) is 0 Å². The van der Waals surface area contributed by atoms with E-state index in [0.717, 1.165) is 5.56 Å². The summed E-state index contributed by atoms with van der Waals surface area (Å²) in [5.41, 5.74) is 0.743. The first kappa shape index (κ1) is 28.9. The van der Waals surface area contributed by atoms with Crippen molar-refractivity contribution in [2.75, 3.05) is 33.9 Å². The van der Waals surface area contributed by atoms with Gasteiger partial charge in [-0.3, -0.25) is 4.79 Å². The Morgan fingerprint density at radius 2 is 1.63 bits per heavy atom. The van der Waals surface area contributed by atoms with Crippen molar-refractivity contribution in [1.82, 2.24) is 19.8 Å². The fraction of sp³-hybridized carbons (Fsp3) is 0.423. The van der Waals surface area contributed by atoms with Gasteiger partial charge in [0.2, 0.25) is 15.9 Å². The molecule has 2 aromatic carbocycles. The molecule has 0 spiro atoms. The van der Waals surface area contributed by atoms with Gasteiger partial charge in [-0.25, -0.2) is 18.0 Å². The number of sulfonamides is 1. The highest BCUT2D eigenvalue weighted by Crippen LogP contribution is 2.21. The van der Waals surface area contributed by atoms with Crippen molar-refractivity contribution in [2.45, 2.75) is 43.3 Å². The molecule has 3 amide bonds. The zero-order valence-electron chi connectivity index (χ0n) is 21.9. The highest BCUT2D eigenvalue weighted by Gasteiger charge is 2.41. The lowest BCUT2D eigenvalue weighted by Gasteiger charge is -2.40. The molecule has 1 heterocycles. The number of hydrogen-bond donors (Lipinski definition) is 2. The highest BCUT2D eigenvalue weighted by molar-refractivity contribution is 7.89. The van der Waals surface area contributed by atoms with E-state index < -0.39 is 40.0 Å². The van der Waals surface area contributed by atoms with Gasteiger partial charge in [0.25, 0.3) is 0 Å². The van der Waals surface area contributed by atoms with Crippen LogP contribution in [0.1, 0.15) is 19.4 Å². The molecule has 1 aliphatic rings. The van der Waals surface area contributed by atoms with Crippen LogP contribution < -0.4 is 15.4 Å². The standard InChI is InChI=1S/C26H34N4O7S/c1-18(2)27-26(33)30-15-14-29(38(34,35)21-8-6-5-7-9-21)17-23(30)24(31)28-22(25(32)37-4)16-19-10-12-20(36-3)13-11-19/h5-13,18,22-23H,14-17H2,1-4H3,(H,27,33)(H,28,31)/t22-,23+/m0/s1. The monoisotopic (exact) mass is 546 g/mol. The van der Waals surface area contributed by atoms with Crippen molar-refractivity contribution in [3.8, 4) is 5.75 Å². The van der Waals surface area contributed by atoms with Crippen molar-refractivity contribution in [3.63, 3.8) is 0 Å². The Morgan fingerprint density at radius 3 is 2.21 bits per heavy atom. The molecule has 1 aliphatic heterocycles. The summed E-state index contributed by atoms with van der Waals surface area (Å²) < 4.78 is 37.8. The minimum absolute atomic E-state index is 0.00985. The molecule has 12 heteroatoms. The maximum Gasteiger partial charge on any atom is 0.328 e. The number of piperazine rings is 1. The second kappa shape index (κ2) is 12.7. The minimum Gasteiger partial charge on any atom is -0.497 e. The largest absolute Gasteiger partial charge is 0.497 e. The molecule has 206 valence electrons. The molecule has 2 aromatic rings. The summed E-state index contributed by atoms with van der Waals surface area (Å²) >= 11 is 0. The molecule has 1 saturated heterocycles. The fourth-order valence-electron chi connectivity index (χ4n) is 4.12. The molecule has 0 unspecified atom stereocenters. The predicted molar refractivity (Wildman–Crippen MR) is 140 cm³/mol. The number of carbonyl (C=O) groups is 3. The van der Waals surface area contributed by atoms with Crippen molar-refractivity contribution < 1.29 is 32.3 Å². The summed E-state index contributed by atoms with van der Waals surface area (Å²) in [7, 11) is -1.16. The van der Waals surface area contributed by atoms with Crippen LogP contribution in [0, 0.1) is 0 Å². The summed E-state index contributed by atoms with van der Waals surface area (Å²) in [5, 5.41) is 5.43. The maximum atomic E-state index is 13.5. The number of hydrogen-bond acceptors (Lipinski definition) is 7. The van der Waals surface area contributed by atoms with Crippen LogP contribution in [-0.2, 0) is 30.8 Å². The molecule has 0 aliphatic carbocycles. The Balaban J connectivity index is 1.86. The number of urea groups is 1. The lowest BCUT2D eigenvalue weighted by molar-refractivity contribution is -0.145. The van der Waals surface area contributed by atoms with Gasteiger partial charge in [0.15, 0.2) is 0 Å². The van der Waals surface area contributed by atoms with Gasteiger partial charge in [-0.05, 0) is 43.7 Å². The number of methoxy groups -OCH3 is 2. The number of nitrogens with zero attached hydrogens (tertiary/aromatic N) is 2. The third kappa shape index (κ3) is 7.01. The van der Waals surface area contributed by atoms with Gasteiger partial charge >= 0.3 is 12.0 Å². The summed E-state index contributed by atoms with van der Waals surface area (Å²) in [4.78, 5) is 40.4. The van der Waals surface area contributed by atoms with Crippen LogP contribution in [0.5, 0.6) is 5.75 Å². The van der Waals surface area contributed by atoms with Crippen LogP contribution in [0.4, 0.5) is 4.79 Å². The molecule has 2 N–H and O–H groups in total. The van der Waals surface area contributed by atoms with E-state index in [4.69, 9.17) is 9.47 Å². The molecule has 3 rings (SSSR count). The first-order valence-electron chi connectivity index (χ1n) is 12.2. The average Bonchev–Trinajstić information content (AvgIpc) is 2.92. The molecular formula is C26H34N4O7S. The number of nitrogens with one attached hydrogen (secondary N) is 2. The van der Waals surface area contributed by atoms with Crippen LogP contribution >= 0.6 is 0 Å². The summed E-state index contributed by atoms with van der Waals surface area (Å²) in [6, 6.07) is 11.9. The molecule has 0 bridgehead atoms. The smallest absolute Gasteiger partial charge is 0.328 e. The van der Waals surface area contributed by atoms with Gasteiger partial charge in [-0.15, -0.1) is 0 Å². The number of amides is 3. The van der Waals surface area contributed by atoms with Gasteiger partial charge < -0.3 is 25.0 Å². The minimum atomic E-state index is -3.91. The lowest BCUT2D eigenvalue weighted by Crippen LogP contribution is -2.64. The van der Waals surface area contributed by atoms with Crippen molar-refractivity contribution >= 4 is 27.9 Å². The van der Waals surface area contributed by atoms with E-state index in [0.29, 0.717) is 5.75 Å². The van der Waals surface area contributed by atoms with Crippen molar-refractivity contribution in [2.24, 2.45) is 0 Å². The number of carbonyl (C=O) groups excluding carboxylic acids is 3. The van der Waals surface area contributed by atoms with E-state index in [1.165, 1.54) is 28.4 Å². The molecule has 0 saturated carbocycles. The third-order valence-electron chi connectivity index (χ3n) is 6.10. The topological polar surface area (TPSA) is 134 Å². The van der Waals surface area contributed by atoms with Crippen LogP contribution in [-0.4, -0.2) is 87.5 Å². The van der Waals surface area contributed by atoms with E-state index in [1.54, 1.807) is 63.4 Å². The van der Waals surface area contributed by atoms with Gasteiger partial charge in [-0.2, -0.15) is 4.31 Å². The van der Waals surface area contributed by atoms with E-state index in [1.807, 2.05) is 0 Å². The Morgan fingerprint density at radius 1 is 0.974 bits per heavy atom. The molecule has 38 heavy (non-hydrogen) atoms. The Bertz CT molecular complexity index is 1220. The fourth-order valence-corrected chi connectivity index (χ4v) is 5.57. The second-order valence-electron chi connectivity index (χ2n) is 9.13. The zero-order valence-corrected chi connectivity index (χ0v) is 22.7. The third-order valence-corrected chi connectivity index (χ3v) is 7.98. The van der Waals surface area contributed by atoms with Gasteiger partial charge in [0.05, 0.1) is 19.1 Å². The van der Waals surface area contributed by atoms with Gasteiger partial charge in [-0.1, -0.05) is 30.3 Å². The first-order valence-corrected chi connectivity index (χ1v) is 13.6. The van der Waals surface area contributed by atoms with Crippen LogP contribution in [0.3, 0.4) is 0 Å². The van der Waals surface area contributed by atoms with E-state index in [-0.39, 0.29) is 37.0 Å². The number of esters is 1. The average molecular weight is 547 g/mol. The predicted octanol–water partition coefficient (Wildman–Crippen LogP) is 1.39. The summed E-state index contributed by atoms with van der Waals surface area (Å²) in [5.74, 6) is -0.696. The summed E-state index contributed by atoms with van der Waals surface area (Å²) in [6.07, 6.45) is 0.124. The van der Waals surface area contributed by atoms with Crippen LogP contribution in [0.15, 0.2) is 59.5 Å². The number of rotatable bonds is 9. The Hall–Kier alpha value is -3.64. The SMILES string of the molecule is COC(=O)[C@H](Cc1ccc(OC)cc1)NC(=O)[C@H]1CN(S(=O)(=O)c2ccccc2)CCN1C(=O)NC(C)C. The number of benzene rings is 2. The van der Waals surface area contributed by atoms with Crippen LogP contribution in [0.25, 0.3) is 0 Å². The zero-order chi connectivity index (χ0) is 27.9. The van der Waals surface area contributed by atoms with E-state index in [9.17, 15) is 22.8 Å². The molecule has 11 nitrogen and oxygen atoms in total. The second-order valence-corrected chi connectivity index (χ2v) is 11.1. The maximum absolute atomic E-state index is 13.5. The Kier molecular flexibility index (Phi) is 9.70. The summed E-state index contributed by atoms with van der Waals surface area (Å²) in [6.45, 7) is 3.30. The van der Waals surface area contributed by atoms with E-state index in [2.05, 4.69) is 10.6 Å². The molecule has 2 atom stereocenters. The van der Waals surface area contributed by atoms with E-state index >= 15 is 0 Å². The Labute approximate surface area is 223 Å². The molecular weight excluding hydrogens is 512 g/mol. The lowest BCUT2D eigenvalue weighted by atomic mass is 10.0. The van der Waals surface area contributed by atoms with Gasteiger partial charge in [0.1, 0.15) is 17.8 Å². The van der Waals surface area contributed by atoms with Crippen molar-refractivity contribution in [3.05, 3.63) is 60.2 Å². The molecule has 0 radical (unpaired) electrons. The molecule has 1 fully saturated rings. The first-order chi connectivity index (χ1) is 18.1.